The number of nitrogens with one attached hydrogen (secondary N) is 1. The monoisotopic (exact) mass is 603 g/mol. The topological polar surface area (TPSA) is 86.8 Å². The minimum atomic E-state index is -4.13. The van der Waals surface area contributed by atoms with Crippen molar-refractivity contribution in [3.63, 3.8) is 0 Å². The van der Waals surface area contributed by atoms with Crippen molar-refractivity contribution in [2.45, 2.75) is 58.0 Å². The zero-order valence-corrected chi connectivity index (χ0v) is 25.5. The van der Waals surface area contributed by atoms with E-state index in [4.69, 9.17) is 23.2 Å². The molecule has 0 saturated heterocycles. The Balaban J connectivity index is 2.09. The first-order valence-corrected chi connectivity index (χ1v) is 15.3. The second-order valence-corrected chi connectivity index (χ2v) is 12.3. The van der Waals surface area contributed by atoms with Crippen LogP contribution in [0.1, 0.15) is 43.4 Å². The lowest BCUT2D eigenvalue weighted by Gasteiger charge is -2.33. The molecule has 214 valence electrons. The summed E-state index contributed by atoms with van der Waals surface area (Å²) in [4.78, 5) is 28.8. The average molecular weight is 605 g/mol. The summed E-state index contributed by atoms with van der Waals surface area (Å²) in [5.74, 6) is -0.827. The average Bonchev–Trinajstić information content (AvgIpc) is 2.94. The minimum Gasteiger partial charge on any atom is -0.354 e. The van der Waals surface area contributed by atoms with Crippen LogP contribution >= 0.6 is 23.2 Å². The molecule has 0 spiro atoms. The first kappa shape index (κ1) is 31.5. The van der Waals surface area contributed by atoms with Crippen LogP contribution in [0.2, 0.25) is 10.0 Å². The molecule has 7 nitrogen and oxygen atoms in total. The molecule has 0 aliphatic rings. The molecular formula is C30H35Cl2N3O4S. The van der Waals surface area contributed by atoms with Gasteiger partial charge in [-0.15, -0.1) is 0 Å². The highest BCUT2D eigenvalue weighted by Gasteiger charge is 2.34. The van der Waals surface area contributed by atoms with Crippen molar-refractivity contribution in [3.05, 3.63) is 93.5 Å². The summed E-state index contributed by atoms with van der Waals surface area (Å²) >= 11 is 12.3. The molecule has 40 heavy (non-hydrogen) atoms. The molecule has 2 amide bonds. The number of carbonyl (C=O) groups excluding carboxylic acids is 2. The number of benzene rings is 3. The second kappa shape index (κ2) is 14.0. The Kier molecular flexibility index (Phi) is 11.0. The molecule has 0 fully saturated rings. The number of amides is 2. The number of hydrogen-bond acceptors (Lipinski definition) is 4. The van der Waals surface area contributed by atoms with Gasteiger partial charge in [0.05, 0.1) is 20.6 Å². The molecule has 1 atom stereocenters. The summed E-state index contributed by atoms with van der Waals surface area (Å²) in [6.45, 7) is 7.42. The Morgan fingerprint density at radius 3 is 2.25 bits per heavy atom. The molecule has 1 N–H and O–H groups in total. The lowest BCUT2D eigenvalue weighted by atomic mass is 10.1. The summed E-state index contributed by atoms with van der Waals surface area (Å²) in [7, 11) is -4.13. The Morgan fingerprint density at radius 1 is 0.925 bits per heavy atom. The number of nitrogens with zero attached hydrogens (tertiary/aromatic N) is 2. The van der Waals surface area contributed by atoms with Gasteiger partial charge in [0.1, 0.15) is 12.6 Å². The van der Waals surface area contributed by atoms with E-state index in [1.54, 1.807) is 49.4 Å². The van der Waals surface area contributed by atoms with Crippen molar-refractivity contribution in [1.82, 2.24) is 10.2 Å². The van der Waals surface area contributed by atoms with Crippen molar-refractivity contribution in [3.8, 4) is 0 Å². The second-order valence-electron chi connectivity index (χ2n) is 9.60. The highest BCUT2D eigenvalue weighted by Crippen LogP contribution is 2.29. The summed E-state index contributed by atoms with van der Waals surface area (Å²) in [5.41, 5.74) is 2.60. The van der Waals surface area contributed by atoms with E-state index >= 15 is 0 Å². The van der Waals surface area contributed by atoms with Gasteiger partial charge in [-0.05, 0) is 73.7 Å². The SMILES string of the molecule is CCCNC(=O)C(CC)N(Cc1ccc(Cl)c(Cl)c1)C(=O)CN(c1cc(C)ccc1C)S(=O)(=O)c1ccccc1. The lowest BCUT2D eigenvalue weighted by Crippen LogP contribution is -2.52. The molecule has 0 aliphatic carbocycles. The highest BCUT2D eigenvalue weighted by atomic mass is 35.5. The van der Waals surface area contributed by atoms with E-state index in [1.165, 1.54) is 17.0 Å². The fourth-order valence-electron chi connectivity index (χ4n) is 4.34. The van der Waals surface area contributed by atoms with Crippen LogP contribution in [-0.4, -0.2) is 44.3 Å². The Hall–Kier alpha value is -3.07. The maximum Gasteiger partial charge on any atom is 0.264 e. The molecule has 0 radical (unpaired) electrons. The van der Waals surface area contributed by atoms with E-state index < -0.39 is 28.5 Å². The standard InChI is InChI=1S/C30H35Cl2N3O4S/c1-5-16-33-30(37)27(6-2)34(19-23-14-15-25(31)26(32)18-23)29(36)20-35(28-17-21(3)12-13-22(28)4)40(38,39)24-10-8-7-9-11-24/h7-15,17-18,27H,5-6,16,19-20H2,1-4H3,(H,33,37). The molecule has 0 bridgehead atoms. The molecule has 3 rings (SSSR count). The molecule has 3 aromatic rings. The van der Waals surface area contributed by atoms with Gasteiger partial charge in [-0.25, -0.2) is 8.42 Å². The largest absolute Gasteiger partial charge is 0.354 e. The lowest BCUT2D eigenvalue weighted by molar-refractivity contribution is -0.140. The van der Waals surface area contributed by atoms with Crippen molar-refractivity contribution in [1.29, 1.82) is 0 Å². The smallest absolute Gasteiger partial charge is 0.264 e. The van der Waals surface area contributed by atoms with Gasteiger partial charge in [0.15, 0.2) is 0 Å². The van der Waals surface area contributed by atoms with E-state index in [-0.39, 0.29) is 17.3 Å². The van der Waals surface area contributed by atoms with Gasteiger partial charge in [0.25, 0.3) is 10.0 Å². The number of hydrogen-bond donors (Lipinski definition) is 1. The van der Waals surface area contributed by atoms with Crippen molar-refractivity contribution in [2.75, 3.05) is 17.4 Å². The van der Waals surface area contributed by atoms with Gasteiger partial charge in [-0.3, -0.25) is 13.9 Å². The summed E-state index contributed by atoms with van der Waals surface area (Å²) in [6.07, 6.45) is 1.07. The minimum absolute atomic E-state index is 0.0415. The van der Waals surface area contributed by atoms with Crippen LogP contribution < -0.4 is 9.62 Å². The number of halogens is 2. The first-order chi connectivity index (χ1) is 19.0. The molecule has 0 saturated carbocycles. The van der Waals surface area contributed by atoms with E-state index in [1.807, 2.05) is 32.9 Å². The van der Waals surface area contributed by atoms with Crippen LogP contribution in [0.5, 0.6) is 0 Å². The molecule has 0 aliphatic heterocycles. The third-order valence-corrected chi connectivity index (χ3v) is 9.03. The van der Waals surface area contributed by atoms with Crippen LogP contribution in [0.4, 0.5) is 5.69 Å². The van der Waals surface area contributed by atoms with Gasteiger partial charge in [0.2, 0.25) is 11.8 Å². The number of anilines is 1. The van der Waals surface area contributed by atoms with E-state index in [2.05, 4.69) is 5.32 Å². The normalized spacial score (nSPS) is 12.1. The van der Waals surface area contributed by atoms with Crippen LogP contribution in [0.3, 0.4) is 0 Å². The van der Waals surface area contributed by atoms with Gasteiger partial charge < -0.3 is 10.2 Å². The predicted molar refractivity (Wildman–Crippen MR) is 161 cm³/mol. The zero-order valence-electron chi connectivity index (χ0n) is 23.2. The van der Waals surface area contributed by atoms with Gasteiger partial charge >= 0.3 is 0 Å². The fourth-order valence-corrected chi connectivity index (χ4v) is 6.15. The fraction of sp³-hybridized carbons (Fsp3) is 0.333. The number of sulfonamides is 1. The summed E-state index contributed by atoms with van der Waals surface area (Å²) in [5, 5.41) is 3.56. The molecule has 1 unspecified atom stereocenters. The first-order valence-electron chi connectivity index (χ1n) is 13.2. The zero-order chi connectivity index (χ0) is 29.4. The van der Waals surface area contributed by atoms with E-state index in [0.717, 1.165) is 16.3 Å². The van der Waals surface area contributed by atoms with Crippen LogP contribution in [-0.2, 0) is 26.2 Å². The Labute approximate surface area is 247 Å². The third kappa shape index (κ3) is 7.56. The number of rotatable bonds is 12. The molecule has 0 heterocycles. The van der Waals surface area contributed by atoms with Gasteiger partial charge in [0, 0.05) is 13.1 Å². The Morgan fingerprint density at radius 2 is 1.62 bits per heavy atom. The maximum absolute atomic E-state index is 14.1. The predicted octanol–water partition coefficient (Wildman–Crippen LogP) is 6.14. The van der Waals surface area contributed by atoms with Crippen molar-refractivity contribution >= 4 is 50.7 Å². The summed E-state index contributed by atoms with van der Waals surface area (Å²) in [6, 6.07) is 17.6. The van der Waals surface area contributed by atoms with E-state index in [0.29, 0.717) is 39.8 Å². The quantitative estimate of drug-likeness (QED) is 0.269. The van der Waals surface area contributed by atoms with E-state index in [9.17, 15) is 18.0 Å². The number of aryl methyl sites for hydroxylation is 2. The van der Waals surface area contributed by atoms with Gasteiger partial charge in [-0.1, -0.05) is 73.4 Å². The molecular weight excluding hydrogens is 569 g/mol. The van der Waals surface area contributed by atoms with Crippen LogP contribution in [0.15, 0.2) is 71.6 Å². The van der Waals surface area contributed by atoms with Crippen molar-refractivity contribution in [2.24, 2.45) is 0 Å². The third-order valence-electron chi connectivity index (χ3n) is 6.52. The Bertz CT molecular complexity index is 1450. The maximum atomic E-state index is 14.1. The molecule has 3 aromatic carbocycles. The van der Waals surface area contributed by atoms with Crippen LogP contribution in [0.25, 0.3) is 0 Å². The van der Waals surface area contributed by atoms with Crippen LogP contribution in [0, 0.1) is 13.8 Å². The van der Waals surface area contributed by atoms with Gasteiger partial charge in [-0.2, -0.15) is 0 Å². The molecule has 10 heteroatoms. The highest BCUT2D eigenvalue weighted by molar-refractivity contribution is 7.92. The number of carbonyl (C=O) groups is 2. The van der Waals surface area contributed by atoms with Crippen molar-refractivity contribution < 1.29 is 18.0 Å². The summed E-state index contributed by atoms with van der Waals surface area (Å²) < 4.78 is 29.0. The molecule has 0 aromatic heterocycles.